The van der Waals surface area contributed by atoms with Crippen molar-refractivity contribution in [3.8, 4) is 17.0 Å². The maximum Gasteiger partial charge on any atom is 0.261 e. The van der Waals surface area contributed by atoms with Gasteiger partial charge in [0.15, 0.2) is 0 Å². The number of ether oxygens (including phenoxy) is 3. The first-order chi connectivity index (χ1) is 12.1. The number of nitrogens with one attached hydrogen (secondary N) is 2. The van der Waals surface area contributed by atoms with Crippen LogP contribution >= 0.6 is 0 Å². The molecule has 0 bridgehead atoms. The zero-order valence-electron chi connectivity index (χ0n) is 14.1. The molecule has 7 heteroatoms. The van der Waals surface area contributed by atoms with E-state index in [9.17, 15) is 9.59 Å². The van der Waals surface area contributed by atoms with E-state index < -0.39 is 11.5 Å². The van der Waals surface area contributed by atoms with Gasteiger partial charge in [0.1, 0.15) is 17.4 Å². The van der Waals surface area contributed by atoms with Crippen molar-refractivity contribution in [1.82, 2.24) is 10.3 Å². The number of benzene rings is 1. The van der Waals surface area contributed by atoms with Crippen LogP contribution in [-0.2, 0) is 9.47 Å². The van der Waals surface area contributed by atoms with E-state index in [0.29, 0.717) is 18.9 Å². The van der Waals surface area contributed by atoms with Crippen molar-refractivity contribution in [3.05, 3.63) is 52.3 Å². The van der Waals surface area contributed by atoms with Crippen LogP contribution in [0.2, 0.25) is 0 Å². The Balaban J connectivity index is 1.77. The van der Waals surface area contributed by atoms with Gasteiger partial charge in [-0.2, -0.15) is 0 Å². The normalized spacial score (nSPS) is 19.6. The van der Waals surface area contributed by atoms with Gasteiger partial charge in [-0.05, 0) is 42.0 Å². The molecule has 1 amide bonds. The lowest BCUT2D eigenvalue weighted by molar-refractivity contribution is 0.0685. The molecule has 25 heavy (non-hydrogen) atoms. The number of aromatic nitrogens is 1. The maximum absolute atomic E-state index is 12.4. The molecule has 7 nitrogen and oxygen atoms in total. The van der Waals surface area contributed by atoms with Gasteiger partial charge < -0.3 is 24.5 Å². The minimum atomic E-state index is -0.446. The van der Waals surface area contributed by atoms with Crippen LogP contribution in [-0.4, -0.2) is 50.5 Å². The molecule has 0 unspecified atom stereocenters. The third kappa shape index (κ3) is 3.72. The maximum atomic E-state index is 12.4. The van der Waals surface area contributed by atoms with Crippen molar-refractivity contribution in [3.63, 3.8) is 0 Å². The average molecular weight is 344 g/mol. The summed E-state index contributed by atoms with van der Waals surface area (Å²) < 4.78 is 15.7. The lowest BCUT2D eigenvalue weighted by Crippen LogP contribution is -2.44. The lowest BCUT2D eigenvalue weighted by atomic mass is 10.1. The Morgan fingerprint density at radius 3 is 2.56 bits per heavy atom. The van der Waals surface area contributed by atoms with E-state index in [1.54, 1.807) is 32.4 Å². The summed E-state index contributed by atoms with van der Waals surface area (Å²) in [6, 6.07) is 10.2. The summed E-state index contributed by atoms with van der Waals surface area (Å²) in [7, 11) is 3.16. The van der Waals surface area contributed by atoms with E-state index >= 15 is 0 Å². The molecular formula is C18H20N2O5. The first-order valence-corrected chi connectivity index (χ1v) is 7.91. The van der Waals surface area contributed by atoms with Gasteiger partial charge in [-0.25, -0.2) is 0 Å². The van der Waals surface area contributed by atoms with Gasteiger partial charge in [0.2, 0.25) is 0 Å². The molecule has 1 aromatic carbocycles. The van der Waals surface area contributed by atoms with Gasteiger partial charge in [0, 0.05) is 12.8 Å². The Morgan fingerprint density at radius 2 is 1.92 bits per heavy atom. The summed E-state index contributed by atoms with van der Waals surface area (Å²) in [4.78, 5) is 27.4. The minimum Gasteiger partial charge on any atom is -0.497 e. The number of hydrogen-bond donors (Lipinski definition) is 2. The van der Waals surface area contributed by atoms with Crippen LogP contribution in [0.25, 0.3) is 11.3 Å². The largest absolute Gasteiger partial charge is 0.497 e. The fourth-order valence-corrected chi connectivity index (χ4v) is 2.74. The lowest BCUT2D eigenvalue weighted by Gasteiger charge is -2.17. The summed E-state index contributed by atoms with van der Waals surface area (Å²) in [6.07, 6.45) is -0.207. The number of aromatic amines is 1. The number of rotatable bonds is 5. The molecule has 2 aromatic rings. The first kappa shape index (κ1) is 17.2. The average Bonchev–Trinajstić information content (AvgIpc) is 3.08. The Labute approximate surface area is 144 Å². The molecule has 1 saturated heterocycles. The molecule has 3 rings (SSSR count). The molecule has 1 aromatic heterocycles. The van der Waals surface area contributed by atoms with E-state index in [2.05, 4.69) is 10.3 Å². The molecule has 1 fully saturated rings. The highest BCUT2D eigenvalue weighted by Crippen LogP contribution is 2.19. The first-order valence-electron chi connectivity index (χ1n) is 7.91. The van der Waals surface area contributed by atoms with Crippen molar-refractivity contribution < 1.29 is 19.0 Å². The van der Waals surface area contributed by atoms with Crippen LogP contribution < -0.4 is 15.6 Å². The molecule has 0 spiro atoms. The summed E-state index contributed by atoms with van der Waals surface area (Å²) in [5.41, 5.74) is 1.06. The number of H-pyrrole nitrogens is 1. The zero-order chi connectivity index (χ0) is 17.8. The van der Waals surface area contributed by atoms with Crippen LogP contribution in [0.3, 0.4) is 0 Å². The number of pyridine rings is 1. The highest BCUT2D eigenvalue weighted by atomic mass is 16.5. The summed E-state index contributed by atoms with van der Waals surface area (Å²) in [5.74, 6) is 0.286. The van der Waals surface area contributed by atoms with Gasteiger partial charge in [-0.3, -0.25) is 9.59 Å². The monoisotopic (exact) mass is 344 g/mol. The predicted octanol–water partition coefficient (Wildman–Crippen LogP) is 1.19. The topological polar surface area (TPSA) is 89.7 Å². The molecule has 1 aliphatic heterocycles. The second-order valence-electron chi connectivity index (χ2n) is 5.73. The van der Waals surface area contributed by atoms with Gasteiger partial charge in [0.25, 0.3) is 11.5 Å². The second-order valence-corrected chi connectivity index (χ2v) is 5.73. The molecular weight excluding hydrogens is 324 g/mol. The highest BCUT2D eigenvalue weighted by Gasteiger charge is 2.30. The highest BCUT2D eigenvalue weighted by molar-refractivity contribution is 5.94. The predicted molar refractivity (Wildman–Crippen MR) is 91.9 cm³/mol. The summed E-state index contributed by atoms with van der Waals surface area (Å²) in [5, 5.41) is 2.79. The number of amides is 1. The van der Waals surface area contributed by atoms with E-state index in [4.69, 9.17) is 14.2 Å². The van der Waals surface area contributed by atoms with Crippen molar-refractivity contribution in [1.29, 1.82) is 0 Å². The molecule has 0 radical (unpaired) electrons. The van der Waals surface area contributed by atoms with Crippen LogP contribution in [0.5, 0.6) is 5.75 Å². The Kier molecular flexibility index (Phi) is 5.16. The van der Waals surface area contributed by atoms with E-state index in [1.807, 2.05) is 12.1 Å². The molecule has 2 N–H and O–H groups in total. The third-order valence-corrected chi connectivity index (χ3v) is 4.20. The Morgan fingerprint density at radius 1 is 1.16 bits per heavy atom. The van der Waals surface area contributed by atoms with Crippen LogP contribution in [0, 0.1) is 0 Å². The summed E-state index contributed by atoms with van der Waals surface area (Å²) in [6.45, 7) is 0.792. The molecule has 132 valence electrons. The summed E-state index contributed by atoms with van der Waals surface area (Å²) >= 11 is 0. The van der Waals surface area contributed by atoms with Gasteiger partial charge in [-0.1, -0.05) is 0 Å². The fraction of sp³-hybridized carbons (Fsp3) is 0.333. The fourth-order valence-electron chi connectivity index (χ4n) is 2.74. The number of methoxy groups -OCH3 is 2. The third-order valence-electron chi connectivity index (χ3n) is 4.20. The van der Waals surface area contributed by atoms with Crippen molar-refractivity contribution in [2.45, 2.75) is 12.1 Å². The van der Waals surface area contributed by atoms with Crippen LogP contribution in [0.15, 0.2) is 41.2 Å². The number of carbonyl (C=O) groups excluding carboxylic acids is 1. The van der Waals surface area contributed by atoms with Gasteiger partial charge >= 0.3 is 0 Å². The van der Waals surface area contributed by atoms with Crippen molar-refractivity contribution in [2.24, 2.45) is 0 Å². The van der Waals surface area contributed by atoms with Gasteiger partial charge in [0.05, 0.1) is 26.4 Å². The van der Waals surface area contributed by atoms with Crippen LogP contribution in [0.4, 0.5) is 0 Å². The Bertz CT molecular complexity index is 800. The van der Waals surface area contributed by atoms with Crippen LogP contribution in [0.1, 0.15) is 10.4 Å². The second kappa shape index (κ2) is 7.50. The standard InChI is InChI=1S/C18H20N2O5/c1-23-12-5-3-11(4-6-12)14-8-7-13(17(21)19-14)18(22)20-15-9-25-10-16(15)24-2/h3-8,15-16H,9-10H2,1-2H3,(H,19,21)(H,20,22)/t15-,16-/m0/s1. The molecule has 2 heterocycles. The molecule has 0 saturated carbocycles. The number of hydrogen-bond acceptors (Lipinski definition) is 5. The Hall–Kier alpha value is -2.64. The van der Waals surface area contributed by atoms with E-state index in [1.165, 1.54) is 6.07 Å². The molecule has 0 aliphatic carbocycles. The smallest absolute Gasteiger partial charge is 0.261 e. The molecule has 1 aliphatic rings. The molecule has 2 atom stereocenters. The van der Waals surface area contributed by atoms with Crippen molar-refractivity contribution in [2.75, 3.05) is 27.4 Å². The zero-order valence-corrected chi connectivity index (χ0v) is 14.1. The van der Waals surface area contributed by atoms with Crippen molar-refractivity contribution >= 4 is 5.91 Å². The van der Waals surface area contributed by atoms with Gasteiger partial charge in [-0.15, -0.1) is 0 Å². The van der Waals surface area contributed by atoms with E-state index in [0.717, 1.165) is 11.3 Å². The quantitative estimate of drug-likeness (QED) is 0.850. The minimum absolute atomic E-state index is 0.0546. The SMILES string of the molecule is COc1ccc(-c2ccc(C(=O)N[C@H]3COC[C@@H]3OC)c(=O)[nH]2)cc1. The number of carbonyl (C=O) groups is 1. The van der Waals surface area contributed by atoms with E-state index in [-0.39, 0.29) is 17.7 Å².